The Morgan fingerprint density at radius 2 is 1.87 bits per heavy atom. The van der Waals surface area contributed by atoms with Crippen LogP contribution in [0.2, 0.25) is 10.0 Å². The quantitative estimate of drug-likeness (QED) is 0.101. The zero-order chi connectivity index (χ0) is 33.0. The molecule has 15 nitrogen and oxygen atoms in total. The SMILES string of the molecule is CCCc1nc(SC)[nH]c1-c1ccc(OC[C@@H]2CO[C@@](Cn3ccnc3)(c3ccc(Cl)cc3Cl)O2)cc1.O=[N+]([O-])O.O=[N+]([O-])O. The highest BCUT2D eigenvalue weighted by atomic mass is 35.5. The third-order valence-corrected chi connectivity index (χ3v) is 7.29. The van der Waals surface area contributed by atoms with Crippen molar-refractivity contribution >= 4 is 35.0 Å². The molecule has 1 saturated heterocycles. The van der Waals surface area contributed by atoms with Crippen molar-refractivity contribution in [3.05, 3.63) is 103 Å². The van der Waals surface area contributed by atoms with E-state index in [0.29, 0.717) is 35.4 Å². The number of hydrogen-bond donors (Lipinski definition) is 3. The first kappa shape index (κ1) is 35.4. The molecule has 0 amide bonds. The first-order valence-electron chi connectivity index (χ1n) is 13.2. The van der Waals surface area contributed by atoms with E-state index in [2.05, 4.69) is 29.0 Å². The van der Waals surface area contributed by atoms with Gasteiger partial charge in [0.15, 0.2) is 5.16 Å². The van der Waals surface area contributed by atoms with E-state index in [-0.39, 0.29) is 6.10 Å². The molecule has 0 spiro atoms. The van der Waals surface area contributed by atoms with Crippen molar-refractivity contribution in [3.8, 4) is 17.0 Å². The number of benzene rings is 2. The summed E-state index contributed by atoms with van der Waals surface area (Å²) in [6.45, 7) is 3.24. The van der Waals surface area contributed by atoms with E-state index in [4.69, 9.17) is 73.0 Å². The summed E-state index contributed by atoms with van der Waals surface area (Å²) in [5, 5.41) is 29.2. The highest BCUT2D eigenvalue weighted by Gasteiger charge is 2.45. The van der Waals surface area contributed by atoms with Crippen molar-refractivity contribution in [1.82, 2.24) is 19.5 Å². The third-order valence-electron chi connectivity index (χ3n) is 6.17. The van der Waals surface area contributed by atoms with Crippen LogP contribution in [0.15, 0.2) is 66.3 Å². The molecule has 1 aliphatic heterocycles. The Bertz CT molecular complexity index is 1520. The number of H-pyrrole nitrogens is 1. The monoisotopic (exact) mass is 684 g/mol. The Labute approximate surface area is 271 Å². The largest absolute Gasteiger partial charge is 0.491 e. The molecule has 45 heavy (non-hydrogen) atoms. The van der Waals surface area contributed by atoms with Gasteiger partial charge in [-0.2, -0.15) is 0 Å². The standard InChI is InChI=1S/C27H28Cl2N4O3S.2HNO3/c1-3-4-24-25(32-26(31-24)37-2)18-5-8-20(9-6-18)34-14-21-15-35-27(36-21,16-33-12-11-30-17-33)22-10-7-19(28)13-23(22)29;2*2-1(3)4/h5-13,17,21H,3-4,14-16H2,1-2H3,(H,31,32);2*(H,2,3,4)/t21-,27-;;/m1../s1. The lowest BCUT2D eigenvalue weighted by atomic mass is 10.1. The third kappa shape index (κ3) is 10.5. The predicted octanol–water partition coefficient (Wildman–Crippen LogP) is 5.91. The van der Waals surface area contributed by atoms with Crippen molar-refractivity contribution in [1.29, 1.82) is 0 Å². The second kappa shape index (κ2) is 16.8. The zero-order valence-corrected chi connectivity index (χ0v) is 26.4. The fraction of sp³-hybridized carbons (Fsp3) is 0.333. The molecule has 0 unspecified atom stereocenters. The zero-order valence-electron chi connectivity index (χ0n) is 24.0. The van der Waals surface area contributed by atoms with Crippen molar-refractivity contribution in [2.24, 2.45) is 0 Å². The van der Waals surface area contributed by atoms with Gasteiger partial charge in [0.25, 0.3) is 10.2 Å². The van der Waals surface area contributed by atoms with Crippen LogP contribution in [0.4, 0.5) is 0 Å². The topological polar surface area (TPSA) is 201 Å². The van der Waals surface area contributed by atoms with E-state index in [9.17, 15) is 0 Å². The van der Waals surface area contributed by atoms with Gasteiger partial charge in [-0.05, 0) is 49.1 Å². The number of ether oxygens (including phenoxy) is 3. The van der Waals surface area contributed by atoms with E-state index < -0.39 is 16.0 Å². The molecule has 3 N–H and O–H groups in total. The molecule has 2 atom stereocenters. The lowest BCUT2D eigenvalue weighted by molar-refractivity contribution is -0.742. The highest BCUT2D eigenvalue weighted by molar-refractivity contribution is 7.98. The fourth-order valence-electron chi connectivity index (χ4n) is 4.42. The van der Waals surface area contributed by atoms with Crippen molar-refractivity contribution in [3.63, 3.8) is 0 Å². The van der Waals surface area contributed by atoms with Gasteiger partial charge in [0.1, 0.15) is 18.5 Å². The number of thioether (sulfide) groups is 1. The molecular formula is C27H30Cl2N6O9S. The number of rotatable bonds is 10. The summed E-state index contributed by atoms with van der Waals surface area (Å²) in [5.74, 6) is -0.323. The molecule has 0 aliphatic carbocycles. The molecule has 1 aliphatic rings. The number of halogens is 2. The van der Waals surface area contributed by atoms with Gasteiger partial charge < -0.3 is 34.2 Å². The average molecular weight is 686 g/mol. The number of aryl methyl sites for hydroxylation is 1. The van der Waals surface area contributed by atoms with E-state index in [1.807, 2.05) is 35.2 Å². The molecule has 2 aromatic heterocycles. The molecular weight excluding hydrogens is 655 g/mol. The van der Waals surface area contributed by atoms with Crippen LogP contribution in [0.3, 0.4) is 0 Å². The van der Waals surface area contributed by atoms with E-state index >= 15 is 0 Å². The lowest BCUT2D eigenvalue weighted by Crippen LogP contribution is -2.34. The van der Waals surface area contributed by atoms with Crippen LogP contribution >= 0.6 is 35.0 Å². The van der Waals surface area contributed by atoms with E-state index in [1.54, 1.807) is 36.4 Å². The molecule has 242 valence electrons. The van der Waals surface area contributed by atoms with Crippen LogP contribution in [0.1, 0.15) is 24.6 Å². The van der Waals surface area contributed by atoms with Gasteiger partial charge in [-0.1, -0.05) is 54.4 Å². The number of nitrogens with zero attached hydrogens (tertiary/aromatic N) is 5. The van der Waals surface area contributed by atoms with E-state index in [1.165, 1.54) is 0 Å². The molecule has 0 saturated carbocycles. The minimum absolute atomic E-state index is 0.289. The average Bonchev–Trinajstić information content (AvgIpc) is 3.73. The predicted molar refractivity (Wildman–Crippen MR) is 164 cm³/mol. The minimum Gasteiger partial charge on any atom is -0.491 e. The molecule has 0 bridgehead atoms. The molecule has 0 radical (unpaired) electrons. The maximum atomic E-state index is 8.36. The Hall–Kier alpha value is -4.09. The van der Waals surface area contributed by atoms with Crippen LogP contribution < -0.4 is 4.74 Å². The van der Waals surface area contributed by atoms with Gasteiger partial charge in [0.05, 0.1) is 35.9 Å². The molecule has 18 heteroatoms. The van der Waals surface area contributed by atoms with Gasteiger partial charge in [-0.3, -0.25) is 0 Å². The molecule has 3 heterocycles. The normalized spacial score (nSPS) is 17.0. The van der Waals surface area contributed by atoms with Crippen LogP contribution in [0.25, 0.3) is 11.3 Å². The first-order valence-corrected chi connectivity index (χ1v) is 15.2. The number of imidazole rings is 2. The van der Waals surface area contributed by atoms with Gasteiger partial charge in [-0.15, -0.1) is 20.2 Å². The Balaban J connectivity index is 0.000000619. The molecule has 5 rings (SSSR count). The van der Waals surface area contributed by atoms with Crippen LogP contribution in [-0.4, -0.2) is 65.7 Å². The number of hydrogen-bond acceptors (Lipinski definition) is 10. The summed E-state index contributed by atoms with van der Waals surface area (Å²) in [4.78, 5) is 29.0. The summed E-state index contributed by atoms with van der Waals surface area (Å²) in [6.07, 6.45) is 9.00. The summed E-state index contributed by atoms with van der Waals surface area (Å²) in [7, 11) is 0. The Kier molecular flexibility index (Phi) is 13.2. The van der Waals surface area contributed by atoms with Crippen molar-refractivity contribution in [2.45, 2.75) is 43.4 Å². The summed E-state index contributed by atoms with van der Waals surface area (Å²) in [5.41, 5.74) is 3.95. The van der Waals surface area contributed by atoms with Gasteiger partial charge in [0, 0.05) is 28.5 Å². The number of aromatic amines is 1. The molecule has 1 fully saturated rings. The van der Waals surface area contributed by atoms with Crippen molar-refractivity contribution < 1.29 is 34.8 Å². The van der Waals surface area contributed by atoms with Gasteiger partial charge in [0.2, 0.25) is 5.79 Å². The molecule has 4 aromatic rings. The second-order valence-electron chi connectivity index (χ2n) is 9.29. The summed E-state index contributed by atoms with van der Waals surface area (Å²) >= 11 is 14.3. The van der Waals surface area contributed by atoms with Crippen LogP contribution in [0.5, 0.6) is 5.75 Å². The van der Waals surface area contributed by atoms with Gasteiger partial charge >= 0.3 is 0 Å². The minimum atomic E-state index is -1.50. The smallest absolute Gasteiger partial charge is 0.291 e. The molecule has 2 aromatic carbocycles. The van der Waals surface area contributed by atoms with Gasteiger partial charge in [-0.25, -0.2) is 9.97 Å². The summed E-state index contributed by atoms with van der Waals surface area (Å²) in [6, 6.07) is 13.4. The number of aromatic nitrogens is 4. The van der Waals surface area contributed by atoms with Crippen LogP contribution in [0, 0.1) is 20.2 Å². The Morgan fingerprint density at radius 1 is 1.18 bits per heavy atom. The maximum absolute atomic E-state index is 8.36. The lowest BCUT2D eigenvalue weighted by Gasteiger charge is -2.30. The Morgan fingerprint density at radius 3 is 2.44 bits per heavy atom. The van der Waals surface area contributed by atoms with Crippen molar-refractivity contribution in [2.75, 3.05) is 19.5 Å². The summed E-state index contributed by atoms with van der Waals surface area (Å²) < 4.78 is 20.7. The first-order chi connectivity index (χ1) is 21.5. The fourth-order valence-corrected chi connectivity index (χ4v) is 5.38. The second-order valence-corrected chi connectivity index (χ2v) is 10.9. The number of nitrogens with one attached hydrogen (secondary N) is 1. The van der Waals surface area contributed by atoms with Crippen LogP contribution in [-0.2, 0) is 28.2 Å². The van der Waals surface area contributed by atoms with E-state index in [0.717, 1.165) is 40.7 Å². The highest BCUT2D eigenvalue weighted by Crippen LogP contribution is 2.40. The maximum Gasteiger partial charge on any atom is 0.291 e.